The van der Waals surface area contributed by atoms with Crippen molar-refractivity contribution in [2.75, 3.05) is 36.0 Å². The van der Waals surface area contributed by atoms with E-state index in [0.717, 1.165) is 51.0 Å². The highest BCUT2D eigenvalue weighted by Gasteiger charge is 2.36. The number of benzene rings is 1. The summed E-state index contributed by atoms with van der Waals surface area (Å²) in [5.74, 6) is 0.308. The average Bonchev–Trinajstić information content (AvgIpc) is 3.07. The van der Waals surface area contributed by atoms with Crippen molar-refractivity contribution in [1.29, 1.82) is 0 Å². The largest absolute Gasteiger partial charge is 0.396 e. The molecule has 4 rings (SSSR count). The second kappa shape index (κ2) is 7.27. The number of carbonyl (C=O) groups excluding carboxylic acids is 2. The van der Waals surface area contributed by atoms with E-state index in [-0.39, 0.29) is 24.5 Å². The molecular formula is C20H27N3O3. The van der Waals surface area contributed by atoms with Crippen LogP contribution in [0.3, 0.4) is 0 Å². The number of anilines is 2. The molecule has 3 aliphatic heterocycles. The molecule has 0 unspecified atom stereocenters. The lowest BCUT2D eigenvalue weighted by molar-refractivity contribution is -0.134. The van der Waals surface area contributed by atoms with Crippen LogP contribution in [0.1, 0.15) is 37.7 Å². The highest BCUT2D eigenvalue weighted by molar-refractivity contribution is 6.02. The maximum absolute atomic E-state index is 12.3. The Morgan fingerprint density at radius 1 is 1.04 bits per heavy atom. The first-order valence-corrected chi connectivity index (χ1v) is 9.75. The SMILES string of the molecule is O=C1CC[C@H](N2CCc3c(N4CCC(CCO)CC4)cccc32)C(=O)N1. The standard InChI is InChI=1S/C20H27N3O3/c24-13-9-14-6-10-22(11-7-14)16-2-1-3-17-15(16)8-12-23(17)18-4-5-19(25)21-20(18)26/h1-3,14,18,24H,4-13H2,(H,21,25,26)/t18-/m0/s1. The molecule has 2 fully saturated rings. The third kappa shape index (κ3) is 3.18. The van der Waals surface area contributed by atoms with Crippen molar-refractivity contribution in [3.8, 4) is 0 Å². The molecule has 1 aromatic rings. The Kier molecular flexibility index (Phi) is 4.85. The van der Waals surface area contributed by atoms with Crippen LogP contribution in [0.2, 0.25) is 0 Å². The Morgan fingerprint density at radius 2 is 1.81 bits per heavy atom. The van der Waals surface area contributed by atoms with E-state index >= 15 is 0 Å². The van der Waals surface area contributed by atoms with Gasteiger partial charge in [0.25, 0.3) is 0 Å². The van der Waals surface area contributed by atoms with Crippen LogP contribution >= 0.6 is 0 Å². The van der Waals surface area contributed by atoms with Gasteiger partial charge in [0.05, 0.1) is 0 Å². The number of aliphatic hydroxyl groups is 1. The van der Waals surface area contributed by atoms with Gasteiger partial charge in [-0.15, -0.1) is 0 Å². The van der Waals surface area contributed by atoms with Crippen molar-refractivity contribution < 1.29 is 14.7 Å². The van der Waals surface area contributed by atoms with Gasteiger partial charge in [0, 0.05) is 49.6 Å². The number of imide groups is 1. The maximum atomic E-state index is 12.3. The van der Waals surface area contributed by atoms with Crippen molar-refractivity contribution >= 4 is 23.2 Å². The summed E-state index contributed by atoms with van der Waals surface area (Å²) in [4.78, 5) is 28.4. The summed E-state index contributed by atoms with van der Waals surface area (Å²) in [6.07, 6.45) is 5.12. The van der Waals surface area contributed by atoms with Crippen LogP contribution in [0, 0.1) is 5.92 Å². The Hall–Kier alpha value is -2.08. The van der Waals surface area contributed by atoms with Gasteiger partial charge in [-0.05, 0) is 50.2 Å². The fraction of sp³-hybridized carbons (Fsp3) is 0.600. The predicted molar refractivity (Wildman–Crippen MR) is 100 cm³/mol. The van der Waals surface area contributed by atoms with Gasteiger partial charge in [-0.25, -0.2) is 0 Å². The number of hydrogen-bond acceptors (Lipinski definition) is 5. The quantitative estimate of drug-likeness (QED) is 0.798. The summed E-state index contributed by atoms with van der Waals surface area (Å²) in [7, 11) is 0. The van der Waals surface area contributed by atoms with Crippen LogP contribution in [0.5, 0.6) is 0 Å². The fourth-order valence-electron chi connectivity index (χ4n) is 4.69. The summed E-state index contributed by atoms with van der Waals surface area (Å²) in [5, 5.41) is 11.6. The van der Waals surface area contributed by atoms with Gasteiger partial charge in [0.2, 0.25) is 11.8 Å². The zero-order valence-electron chi connectivity index (χ0n) is 15.1. The predicted octanol–water partition coefficient (Wildman–Crippen LogP) is 1.45. The zero-order valence-corrected chi connectivity index (χ0v) is 15.1. The molecule has 2 saturated heterocycles. The Balaban J connectivity index is 1.52. The van der Waals surface area contributed by atoms with Crippen molar-refractivity contribution in [2.24, 2.45) is 5.92 Å². The number of piperidine rings is 2. The number of nitrogens with zero attached hydrogens (tertiary/aromatic N) is 2. The summed E-state index contributed by atoms with van der Waals surface area (Å²) in [6, 6.07) is 6.14. The lowest BCUT2D eigenvalue weighted by atomic mass is 9.93. The van der Waals surface area contributed by atoms with E-state index in [2.05, 4.69) is 33.3 Å². The number of carbonyl (C=O) groups is 2. The van der Waals surface area contributed by atoms with Crippen LogP contribution in [0.4, 0.5) is 11.4 Å². The molecule has 3 heterocycles. The van der Waals surface area contributed by atoms with Crippen LogP contribution in [0.25, 0.3) is 0 Å². The van der Waals surface area contributed by atoms with Gasteiger partial charge >= 0.3 is 0 Å². The lowest BCUT2D eigenvalue weighted by Gasteiger charge is -2.35. The molecule has 1 atom stereocenters. The molecule has 0 aliphatic carbocycles. The number of hydrogen-bond donors (Lipinski definition) is 2. The fourth-order valence-corrected chi connectivity index (χ4v) is 4.69. The van der Waals surface area contributed by atoms with Crippen LogP contribution < -0.4 is 15.1 Å². The number of rotatable bonds is 4. The second-order valence-corrected chi connectivity index (χ2v) is 7.63. The van der Waals surface area contributed by atoms with Crippen molar-refractivity contribution in [1.82, 2.24) is 5.32 Å². The molecular weight excluding hydrogens is 330 g/mol. The Labute approximate surface area is 154 Å². The molecule has 0 saturated carbocycles. The van der Waals surface area contributed by atoms with Gasteiger partial charge in [-0.1, -0.05) is 6.07 Å². The van der Waals surface area contributed by atoms with Crippen LogP contribution in [0.15, 0.2) is 18.2 Å². The van der Waals surface area contributed by atoms with E-state index in [0.29, 0.717) is 18.8 Å². The minimum absolute atomic E-state index is 0.162. The number of fused-ring (bicyclic) bond motifs is 1. The molecule has 1 aromatic carbocycles. The molecule has 2 N–H and O–H groups in total. The molecule has 0 aromatic heterocycles. The van der Waals surface area contributed by atoms with Gasteiger partial charge < -0.3 is 14.9 Å². The van der Waals surface area contributed by atoms with E-state index in [1.54, 1.807) is 0 Å². The molecule has 26 heavy (non-hydrogen) atoms. The first-order chi connectivity index (χ1) is 12.7. The van der Waals surface area contributed by atoms with Crippen LogP contribution in [-0.2, 0) is 16.0 Å². The maximum Gasteiger partial charge on any atom is 0.249 e. The van der Waals surface area contributed by atoms with Gasteiger partial charge in [0.15, 0.2) is 0 Å². The van der Waals surface area contributed by atoms with Crippen molar-refractivity contribution in [3.05, 3.63) is 23.8 Å². The van der Waals surface area contributed by atoms with E-state index < -0.39 is 0 Å². The highest BCUT2D eigenvalue weighted by atomic mass is 16.3. The highest BCUT2D eigenvalue weighted by Crippen LogP contribution is 2.39. The molecule has 0 radical (unpaired) electrons. The van der Waals surface area contributed by atoms with E-state index in [9.17, 15) is 9.59 Å². The molecule has 6 nitrogen and oxygen atoms in total. The van der Waals surface area contributed by atoms with E-state index in [1.165, 1.54) is 11.3 Å². The summed E-state index contributed by atoms with van der Waals surface area (Å²) in [6.45, 7) is 3.17. The third-order valence-corrected chi connectivity index (χ3v) is 6.12. The van der Waals surface area contributed by atoms with Crippen LogP contribution in [-0.4, -0.2) is 49.2 Å². The smallest absolute Gasteiger partial charge is 0.249 e. The Bertz CT molecular complexity index is 698. The van der Waals surface area contributed by atoms with Gasteiger partial charge in [-0.2, -0.15) is 0 Å². The molecule has 2 amide bonds. The molecule has 6 heteroatoms. The zero-order chi connectivity index (χ0) is 18.1. The van der Waals surface area contributed by atoms with Crippen molar-refractivity contribution in [2.45, 2.75) is 44.6 Å². The first kappa shape index (κ1) is 17.3. The van der Waals surface area contributed by atoms with Gasteiger partial charge in [-0.3, -0.25) is 14.9 Å². The summed E-state index contributed by atoms with van der Waals surface area (Å²) >= 11 is 0. The minimum atomic E-state index is -0.237. The lowest BCUT2D eigenvalue weighted by Crippen LogP contribution is -2.52. The Morgan fingerprint density at radius 3 is 2.54 bits per heavy atom. The molecule has 0 spiro atoms. The third-order valence-electron chi connectivity index (χ3n) is 6.12. The molecule has 140 valence electrons. The van der Waals surface area contributed by atoms with E-state index in [4.69, 9.17) is 5.11 Å². The number of nitrogens with one attached hydrogen (secondary N) is 1. The van der Waals surface area contributed by atoms with Crippen molar-refractivity contribution in [3.63, 3.8) is 0 Å². The summed E-state index contributed by atoms with van der Waals surface area (Å²) in [5.41, 5.74) is 3.77. The average molecular weight is 357 g/mol. The monoisotopic (exact) mass is 357 g/mol. The first-order valence-electron chi connectivity index (χ1n) is 9.75. The molecule has 3 aliphatic rings. The topological polar surface area (TPSA) is 72.9 Å². The second-order valence-electron chi connectivity index (χ2n) is 7.63. The molecule has 0 bridgehead atoms. The number of aliphatic hydroxyl groups excluding tert-OH is 1. The van der Waals surface area contributed by atoms with Gasteiger partial charge in [0.1, 0.15) is 6.04 Å². The van der Waals surface area contributed by atoms with E-state index in [1.807, 2.05) is 0 Å². The number of amides is 2. The normalized spacial score (nSPS) is 24.0. The summed E-state index contributed by atoms with van der Waals surface area (Å²) < 4.78 is 0. The minimum Gasteiger partial charge on any atom is -0.396 e.